The van der Waals surface area contributed by atoms with E-state index in [2.05, 4.69) is 5.32 Å². The molecule has 20 heavy (non-hydrogen) atoms. The molecule has 7 heteroatoms. The first-order valence-corrected chi connectivity index (χ1v) is 6.53. The van der Waals surface area contributed by atoms with Gasteiger partial charge < -0.3 is 16.2 Å². The molecule has 0 heterocycles. The normalized spacial score (nSPS) is 22.2. The third-order valence-electron chi connectivity index (χ3n) is 3.62. The number of nitrogens with two attached hydrogens (primary N) is 1. The highest BCUT2D eigenvalue weighted by Gasteiger charge is 2.27. The van der Waals surface area contributed by atoms with E-state index in [1.165, 1.54) is 18.2 Å². The quantitative estimate of drug-likeness (QED) is 0.572. The molecule has 7 nitrogen and oxygen atoms in total. The highest BCUT2D eigenvalue weighted by atomic mass is 16.6. The SMILES string of the molecule is NC1CCCCC1Nc1c(C(=O)O)cccc1[N+](=O)[O-]. The third kappa shape index (κ3) is 2.88. The van der Waals surface area contributed by atoms with Crippen LogP contribution in [0.2, 0.25) is 0 Å². The fourth-order valence-corrected chi connectivity index (χ4v) is 2.55. The minimum Gasteiger partial charge on any atom is -0.478 e. The van der Waals surface area contributed by atoms with Crippen LogP contribution in [-0.4, -0.2) is 28.1 Å². The second-order valence-corrected chi connectivity index (χ2v) is 4.96. The molecule has 1 saturated carbocycles. The van der Waals surface area contributed by atoms with Gasteiger partial charge in [-0.1, -0.05) is 18.9 Å². The van der Waals surface area contributed by atoms with Crippen molar-refractivity contribution in [3.8, 4) is 0 Å². The first-order chi connectivity index (χ1) is 9.50. The molecule has 0 aliphatic heterocycles. The summed E-state index contributed by atoms with van der Waals surface area (Å²) >= 11 is 0. The van der Waals surface area contributed by atoms with Crippen LogP contribution in [0.5, 0.6) is 0 Å². The zero-order valence-corrected chi connectivity index (χ0v) is 10.9. The van der Waals surface area contributed by atoms with Crippen LogP contribution in [0.15, 0.2) is 18.2 Å². The highest BCUT2D eigenvalue weighted by molar-refractivity contribution is 5.96. The number of anilines is 1. The van der Waals surface area contributed by atoms with Crippen LogP contribution >= 0.6 is 0 Å². The van der Waals surface area contributed by atoms with Gasteiger partial charge in [-0.25, -0.2) is 4.79 Å². The van der Waals surface area contributed by atoms with Gasteiger partial charge in [0.25, 0.3) is 5.69 Å². The predicted octanol–water partition coefficient (Wildman–Crippen LogP) is 1.97. The Hall–Kier alpha value is -2.15. The van der Waals surface area contributed by atoms with Crippen LogP contribution in [0.3, 0.4) is 0 Å². The maximum absolute atomic E-state index is 11.2. The smallest absolute Gasteiger partial charge is 0.338 e. The second kappa shape index (κ2) is 5.87. The summed E-state index contributed by atoms with van der Waals surface area (Å²) in [6.07, 6.45) is 3.63. The number of aromatic carboxylic acids is 1. The maximum Gasteiger partial charge on any atom is 0.338 e. The van der Waals surface area contributed by atoms with Crippen molar-refractivity contribution in [3.63, 3.8) is 0 Å². The van der Waals surface area contributed by atoms with Gasteiger partial charge in [0.15, 0.2) is 0 Å². The molecule has 1 fully saturated rings. The number of para-hydroxylation sites is 1. The van der Waals surface area contributed by atoms with Crippen LogP contribution in [-0.2, 0) is 0 Å². The van der Waals surface area contributed by atoms with Crippen LogP contribution < -0.4 is 11.1 Å². The van der Waals surface area contributed by atoms with E-state index in [0.29, 0.717) is 0 Å². The topological polar surface area (TPSA) is 118 Å². The fourth-order valence-electron chi connectivity index (χ4n) is 2.55. The van der Waals surface area contributed by atoms with Crippen molar-refractivity contribution >= 4 is 17.3 Å². The Labute approximate surface area is 115 Å². The molecule has 0 bridgehead atoms. The zero-order valence-electron chi connectivity index (χ0n) is 10.9. The lowest BCUT2D eigenvalue weighted by Crippen LogP contribution is -2.43. The van der Waals surface area contributed by atoms with E-state index in [1.54, 1.807) is 0 Å². The number of hydrogen-bond acceptors (Lipinski definition) is 5. The first kappa shape index (κ1) is 14.3. The number of rotatable bonds is 4. The highest BCUT2D eigenvalue weighted by Crippen LogP contribution is 2.31. The van der Waals surface area contributed by atoms with E-state index in [9.17, 15) is 20.0 Å². The van der Waals surface area contributed by atoms with Gasteiger partial charge in [0, 0.05) is 18.2 Å². The molecular formula is C13H17N3O4. The van der Waals surface area contributed by atoms with Gasteiger partial charge in [0.2, 0.25) is 0 Å². The number of nitrogens with zero attached hydrogens (tertiary/aromatic N) is 1. The monoisotopic (exact) mass is 279 g/mol. The van der Waals surface area contributed by atoms with E-state index in [-0.39, 0.29) is 29.0 Å². The van der Waals surface area contributed by atoms with Crippen LogP contribution in [0.1, 0.15) is 36.0 Å². The molecule has 1 aliphatic carbocycles. The molecule has 0 aromatic heterocycles. The van der Waals surface area contributed by atoms with Crippen molar-refractivity contribution in [1.82, 2.24) is 0 Å². The molecule has 108 valence electrons. The number of nitro benzene ring substituents is 1. The maximum atomic E-state index is 11.2. The van der Waals surface area contributed by atoms with Crippen molar-refractivity contribution in [3.05, 3.63) is 33.9 Å². The molecule has 0 spiro atoms. The zero-order chi connectivity index (χ0) is 14.7. The number of carboxylic acids is 1. The summed E-state index contributed by atoms with van der Waals surface area (Å²) in [4.78, 5) is 21.7. The Balaban J connectivity index is 2.37. The fraction of sp³-hybridized carbons (Fsp3) is 0.462. The van der Waals surface area contributed by atoms with Crippen molar-refractivity contribution < 1.29 is 14.8 Å². The molecule has 4 N–H and O–H groups in total. The van der Waals surface area contributed by atoms with Gasteiger partial charge in [-0.3, -0.25) is 10.1 Å². The lowest BCUT2D eigenvalue weighted by Gasteiger charge is -2.30. The summed E-state index contributed by atoms with van der Waals surface area (Å²) in [5.74, 6) is -1.19. The summed E-state index contributed by atoms with van der Waals surface area (Å²) in [6, 6.07) is 3.76. The van der Waals surface area contributed by atoms with Crippen LogP contribution in [0.4, 0.5) is 11.4 Å². The Kier molecular flexibility index (Phi) is 4.19. The Bertz CT molecular complexity index is 500. The van der Waals surface area contributed by atoms with Crippen LogP contribution in [0.25, 0.3) is 0 Å². The van der Waals surface area contributed by atoms with Crippen molar-refractivity contribution in [1.29, 1.82) is 0 Å². The predicted molar refractivity (Wildman–Crippen MR) is 73.9 cm³/mol. The van der Waals surface area contributed by atoms with Crippen molar-refractivity contribution in [2.45, 2.75) is 37.8 Å². The summed E-state index contributed by atoms with van der Waals surface area (Å²) in [7, 11) is 0. The Morgan fingerprint density at radius 2 is 2.10 bits per heavy atom. The molecule has 2 unspecified atom stereocenters. The van der Waals surface area contributed by atoms with E-state index < -0.39 is 10.9 Å². The van der Waals surface area contributed by atoms with E-state index in [0.717, 1.165) is 25.7 Å². The molecule has 1 aliphatic rings. The summed E-state index contributed by atoms with van der Waals surface area (Å²) in [5, 5.41) is 23.2. The molecule has 1 aromatic rings. The first-order valence-electron chi connectivity index (χ1n) is 6.53. The van der Waals surface area contributed by atoms with Gasteiger partial charge >= 0.3 is 5.97 Å². The van der Waals surface area contributed by atoms with Crippen molar-refractivity contribution in [2.24, 2.45) is 5.73 Å². The third-order valence-corrected chi connectivity index (χ3v) is 3.62. The number of nitro groups is 1. The number of benzene rings is 1. The largest absolute Gasteiger partial charge is 0.478 e. The Morgan fingerprint density at radius 3 is 2.70 bits per heavy atom. The average Bonchev–Trinajstić information content (AvgIpc) is 2.41. The minimum atomic E-state index is -1.19. The van der Waals surface area contributed by atoms with Gasteiger partial charge in [-0.05, 0) is 18.9 Å². The average molecular weight is 279 g/mol. The lowest BCUT2D eigenvalue weighted by atomic mass is 9.90. The molecule has 1 aromatic carbocycles. The second-order valence-electron chi connectivity index (χ2n) is 4.96. The van der Waals surface area contributed by atoms with Gasteiger partial charge in [0.05, 0.1) is 10.5 Å². The number of carboxylic acid groups (broad SMARTS) is 1. The number of carbonyl (C=O) groups is 1. The standard InChI is InChI=1S/C13H17N3O4/c14-9-5-1-2-6-10(9)15-12-8(13(17)18)4-3-7-11(12)16(19)20/h3-4,7,9-10,15H,1-2,5-6,14H2,(H,17,18). The van der Waals surface area contributed by atoms with Gasteiger partial charge in [-0.15, -0.1) is 0 Å². The van der Waals surface area contributed by atoms with E-state index in [4.69, 9.17) is 5.73 Å². The minimum absolute atomic E-state index is 0.0485. The summed E-state index contributed by atoms with van der Waals surface area (Å²) in [5.41, 5.74) is 5.71. The molecule has 0 amide bonds. The molecular weight excluding hydrogens is 262 g/mol. The van der Waals surface area contributed by atoms with Gasteiger partial charge in [-0.2, -0.15) is 0 Å². The molecule has 0 radical (unpaired) electrons. The van der Waals surface area contributed by atoms with E-state index >= 15 is 0 Å². The summed E-state index contributed by atoms with van der Waals surface area (Å²) < 4.78 is 0. The van der Waals surface area contributed by atoms with Crippen molar-refractivity contribution in [2.75, 3.05) is 5.32 Å². The molecule has 2 rings (SSSR count). The Morgan fingerprint density at radius 1 is 1.40 bits per heavy atom. The summed E-state index contributed by atoms with van der Waals surface area (Å²) in [6.45, 7) is 0. The van der Waals surface area contributed by atoms with E-state index in [1.807, 2.05) is 0 Å². The number of nitrogens with one attached hydrogen (secondary N) is 1. The van der Waals surface area contributed by atoms with Crippen LogP contribution in [0, 0.1) is 10.1 Å². The van der Waals surface area contributed by atoms with Gasteiger partial charge in [0.1, 0.15) is 5.69 Å². The molecule has 2 atom stereocenters. The lowest BCUT2D eigenvalue weighted by molar-refractivity contribution is -0.384. The number of hydrogen-bond donors (Lipinski definition) is 3. The molecule has 0 saturated heterocycles.